The van der Waals surface area contributed by atoms with E-state index in [4.69, 9.17) is 0 Å². The quantitative estimate of drug-likeness (QED) is 0.704. The van der Waals surface area contributed by atoms with Crippen molar-refractivity contribution in [3.63, 3.8) is 0 Å². The number of aliphatic carboxylic acids is 1. The number of carbonyl (C=O) groups is 1. The molecular formula is C10H18N2O2S. The van der Waals surface area contributed by atoms with Crippen molar-refractivity contribution in [2.75, 3.05) is 37.7 Å². The van der Waals surface area contributed by atoms with Crippen LogP contribution in [-0.4, -0.2) is 59.2 Å². The van der Waals surface area contributed by atoms with E-state index >= 15 is 0 Å². The monoisotopic (exact) mass is 230 g/mol. The average molecular weight is 230 g/mol. The second-order valence-corrected chi connectivity index (χ2v) is 5.41. The molecule has 2 atom stereocenters. The lowest BCUT2D eigenvalue weighted by molar-refractivity contribution is -0.153. The Hall–Kier alpha value is -0.260. The van der Waals surface area contributed by atoms with Gasteiger partial charge in [-0.25, -0.2) is 0 Å². The molecule has 0 aromatic carbocycles. The molecule has 2 saturated heterocycles. The number of hydrogen-bond donors (Lipinski definition) is 2. The largest absolute Gasteiger partial charge is 0.480 e. The molecule has 0 aliphatic carbocycles. The molecule has 0 aromatic heterocycles. The zero-order valence-electron chi connectivity index (χ0n) is 9.03. The molecule has 86 valence electrons. The van der Waals surface area contributed by atoms with Gasteiger partial charge >= 0.3 is 5.97 Å². The van der Waals surface area contributed by atoms with Crippen LogP contribution in [0.25, 0.3) is 0 Å². The number of nitrogens with one attached hydrogen (secondary N) is 1. The normalized spacial score (nSPS) is 38.1. The molecule has 0 bridgehead atoms. The molecule has 2 fully saturated rings. The van der Waals surface area contributed by atoms with Gasteiger partial charge in [-0.05, 0) is 11.7 Å². The number of hydrogen-bond acceptors (Lipinski definition) is 4. The fourth-order valence-electron chi connectivity index (χ4n) is 2.55. The van der Waals surface area contributed by atoms with Crippen LogP contribution in [0.2, 0.25) is 0 Å². The minimum absolute atomic E-state index is 0.248. The molecular weight excluding hydrogens is 212 g/mol. The summed E-state index contributed by atoms with van der Waals surface area (Å²) < 4.78 is 0. The smallest absolute Gasteiger partial charge is 0.325 e. The Morgan fingerprint density at radius 2 is 2.20 bits per heavy atom. The van der Waals surface area contributed by atoms with Gasteiger partial charge in [-0.3, -0.25) is 9.69 Å². The first kappa shape index (κ1) is 11.2. The van der Waals surface area contributed by atoms with Gasteiger partial charge in [0.15, 0.2) is 0 Å². The Balaban J connectivity index is 2.21. The lowest BCUT2D eigenvalue weighted by atomic mass is 9.86. The van der Waals surface area contributed by atoms with Crippen LogP contribution in [0.5, 0.6) is 0 Å². The molecule has 2 aliphatic heterocycles. The Bertz CT molecular complexity index is 256. The summed E-state index contributed by atoms with van der Waals surface area (Å²) in [5, 5.41) is 12.8. The number of nitrogens with zero attached hydrogens (tertiary/aromatic N) is 1. The van der Waals surface area contributed by atoms with Crippen molar-refractivity contribution in [1.29, 1.82) is 0 Å². The van der Waals surface area contributed by atoms with Gasteiger partial charge < -0.3 is 10.4 Å². The zero-order chi connectivity index (χ0) is 10.9. The molecule has 4 nitrogen and oxygen atoms in total. The Morgan fingerprint density at radius 1 is 1.53 bits per heavy atom. The first-order valence-corrected chi connectivity index (χ1v) is 6.60. The van der Waals surface area contributed by atoms with Gasteiger partial charge in [-0.1, -0.05) is 6.92 Å². The van der Waals surface area contributed by atoms with Gasteiger partial charge in [0.05, 0.1) is 0 Å². The van der Waals surface area contributed by atoms with Crippen LogP contribution in [0.3, 0.4) is 0 Å². The number of piperazine rings is 1. The zero-order valence-corrected chi connectivity index (χ0v) is 9.85. The van der Waals surface area contributed by atoms with E-state index in [1.165, 1.54) is 0 Å². The highest BCUT2D eigenvalue weighted by molar-refractivity contribution is 7.99. The van der Waals surface area contributed by atoms with E-state index in [1.807, 2.05) is 0 Å². The van der Waals surface area contributed by atoms with E-state index in [2.05, 4.69) is 17.1 Å². The maximum atomic E-state index is 11.6. The number of rotatable bonds is 2. The van der Waals surface area contributed by atoms with Crippen LogP contribution in [0, 0.1) is 5.92 Å². The molecule has 0 amide bonds. The third-order valence-electron chi connectivity index (χ3n) is 3.56. The number of carboxylic acid groups (broad SMARTS) is 1. The van der Waals surface area contributed by atoms with Gasteiger partial charge in [0.1, 0.15) is 5.54 Å². The summed E-state index contributed by atoms with van der Waals surface area (Å²) in [5.41, 5.74) is -0.604. The van der Waals surface area contributed by atoms with Crippen LogP contribution < -0.4 is 5.32 Å². The van der Waals surface area contributed by atoms with Gasteiger partial charge in [0.2, 0.25) is 0 Å². The highest BCUT2D eigenvalue weighted by Crippen LogP contribution is 2.38. The van der Waals surface area contributed by atoms with Gasteiger partial charge in [-0.15, -0.1) is 0 Å². The summed E-state index contributed by atoms with van der Waals surface area (Å²) in [6.07, 6.45) is 0. The van der Waals surface area contributed by atoms with Crippen molar-refractivity contribution in [2.45, 2.75) is 12.5 Å². The van der Waals surface area contributed by atoms with Crippen molar-refractivity contribution < 1.29 is 9.90 Å². The molecule has 0 radical (unpaired) electrons. The highest BCUT2D eigenvalue weighted by atomic mass is 32.2. The lowest BCUT2D eigenvalue weighted by Crippen LogP contribution is -2.63. The Labute approximate surface area is 94.4 Å². The van der Waals surface area contributed by atoms with Crippen molar-refractivity contribution >= 4 is 17.7 Å². The fraction of sp³-hybridized carbons (Fsp3) is 0.900. The predicted octanol–water partition coefficient (Wildman–Crippen LogP) is 0.0979. The van der Waals surface area contributed by atoms with Gasteiger partial charge in [0.25, 0.3) is 0 Å². The maximum absolute atomic E-state index is 11.6. The second kappa shape index (κ2) is 4.31. The third kappa shape index (κ3) is 1.77. The molecule has 0 spiro atoms. The van der Waals surface area contributed by atoms with Crippen molar-refractivity contribution in [3.8, 4) is 0 Å². The SMILES string of the molecule is CC1CSCC1(C(=O)O)N1CCNCC1. The topological polar surface area (TPSA) is 52.6 Å². The number of thioether (sulfide) groups is 1. The Morgan fingerprint density at radius 3 is 2.67 bits per heavy atom. The Kier molecular flexibility index (Phi) is 3.23. The highest BCUT2D eigenvalue weighted by Gasteiger charge is 2.52. The van der Waals surface area contributed by atoms with Crippen LogP contribution in [0.4, 0.5) is 0 Å². The van der Waals surface area contributed by atoms with E-state index in [-0.39, 0.29) is 5.92 Å². The second-order valence-electron chi connectivity index (χ2n) is 4.38. The molecule has 0 saturated carbocycles. The molecule has 2 rings (SSSR count). The summed E-state index contributed by atoms with van der Waals surface area (Å²) in [5.74, 6) is 1.32. The molecule has 15 heavy (non-hydrogen) atoms. The first-order valence-electron chi connectivity index (χ1n) is 5.45. The predicted molar refractivity (Wildman–Crippen MR) is 61.3 cm³/mol. The van der Waals surface area contributed by atoms with E-state index in [1.54, 1.807) is 11.8 Å². The summed E-state index contributed by atoms with van der Waals surface area (Å²) in [7, 11) is 0. The van der Waals surface area contributed by atoms with Crippen molar-refractivity contribution in [1.82, 2.24) is 10.2 Å². The minimum atomic E-state index is -0.637. The average Bonchev–Trinajstić information content (AvgIpc) is 2.62. The molecule has 2 heterocycles. The summed E-state index contributed by atoms with van der Waals surface area (Å²) >= 11 is 1.77. The molecule has 2 aliphatic rings. The van der Waals surface area contributed by atoms with E-state index in [0.717, 1.165) is 37.7 Å². The standard InChI is InChI=1S/C10H18N2O2S/c1-8-6-15-7-10(8,9(13)14)12-4-2-11-3-5-12/h8,11H,2-7H2,1H3,(H,13,14). The summed E-state index contributed by atoms with van der Waals surface area (Å²) in [4.78, 5) is 13.7. The minimum Gasteiger partial charge on any atom is -0.480 e. The molecule has 5 heteroatoms. The third-order valence-corrected chi connectivity index (χ3v) is 4.94. The summed E-state index contributed by atoms with van der Waals surface area (Å²) in [6, 6.07) is 0. The van der Waals surface area contributed by atoms with Crippen LogP contribution >= 0.6 is 11.8 Å². The lowest BCUT2D eigenvalue weighted by Gasteiger charge is -2.42. The molecule has 2 N–H and O–H groups in total. The molecule has 0 aromatic rings. The van der Waals surface area contributed by atoms with E-state index in [0.29, 0.717) is 0 Å². The van der Waals surface area contributed by atoms with Crippen molar-refractivity contribution in [3.05, 3.63) is 0 Å². The van der Waals surface area contributed by atoms with E-state index in [9.17, 15) is 9.90 Å². The first-order chi connectivity index (χ1) is 7.18. The molecule has 2 unspecified atom stereocenters. The van der Waals surface area contributed by atoms with Crippen LogP contribution in [0.1, 0.15) is 6.92 Å². The van der Waals surface area contributed by atoms with Crippen LogP contribution in [0.15, 0.2) is 0 Å². The fourth-order valence-corrected chi connectivity index (χ4v) is 4.19. The van der Waals surface area contributed by atoms with Crippen molar-refractivity contribution in [2.24, 2.45) is 5.92 Å². The van der Waals surface area contributed by atoms with Crippen LogP contribution in [-0.2, 0) is 4.79 Å². The maximum Gasteiger partial charge on any atom is 0.325 e. The number of carboxylic acids is 1. The van der Waals surface area contributed by atoms with E-state index < -0.39 is 11.5 Å². The summed E-state index contributed by atoms with van der Waals surface area (Å²) in [6.45, 7) is 5.60. The van der Waals surface area contributed by atoms with Gasteiger partial charge in [-0.2, -0.15) is 11.8 Å². The van der Waals surface area contributed by atoms with Gasteiger partial charge in [0, 0.05) is 31.9 Å².